The van der Waals surface area contributed by atoms with Crippen molar-refractivity contribution in [2.75, 3.05) is 0 Å². The van der Waals surface area contributed by atoms with Gasteiger partial charge in [-0.25, -0.2) is 4.68 Å². The minimum absolute atomic E-state index is 0.368. The second-order valence-corrected chi connectivity index (χ2v) is 10.0. The van der Waals surface area contributed by atoms with Crippen LogP contribution in [0.2, 0.25) is 5.02 Å². The predicted octanol–water partition coefficient (Wildman–Crippen LogP) is 6.89. The van der Waals surface area contributed by atoms with Crippen molar-refractivity contribution in [1.82, 2.24) is 25.1 Å². The van der Waals surface area contributed by atoms with Crippen LogP contribution in [0.3, 0.4) is 0 Å². The number of aromatic nitrogens is 4. The number of hydrogen-bond donors (Lipinski definition) is 0. The summed E-state index contributed by atoms with van der Waals surface area (Å²) in [6, 6.07) is 21.9. The van der Waals surface area contributed by atoms with Gasteiger partial charge >= 0.3 is 6.18 Å². The minimum atomic E-state index is -4.48. The Balaban J connectivity index is 1.91. The molecule has 0 aliphatic rings. The van der Waals surface area contributed by atoms with Crippen molar-refractivity contribution in [2.24, 2.45) is 0 Å². The minimum Gasteiger partial charge on any atom is -0.281 e. The number of alkyl halides is 3. The number of nitrogens with zero attached hydrogens (tertiary/aromatic N) is 5. The van der Waals surface area contributed by atoms with Crippen LogP contribution in [0.1, 0.15) is 54.9 Å². The molecule has 0 saturated heterocycles. The second kappa shape index (κ2) is 10.4. The van der Waals surface area contributed by atoms with Gasteiger partial charge in [-0.1, -0.05) is 72.3 Å². The molecule has 4 aromatic rings. The van der Waals surface area contributed by atoms with Gasteiger partial charge in [-0.05, 0) is 66.1 Å². The molecular weight excluding hydrogens is 487 g/mol. The van der Waals surface area contributed by atoms with Crippen LogP contribution >= 0.6 is 11.6 Å². The largest absolute Gasteiger partial charge is 0.416 e. The zero-order valence-electron chi connectivity index (χ0n) is 20.2. The van der Waals surface area contributed by atoms with Crippen molar-refractivity contribution in [3.8, 4) is 0 Å². The molecule has 36 heavy (non-hydrogen) atoms. The Morgan fingerprint density at radius 3 is 2.25 bits per heavy atom. The fraction of sp³-hybridized carbons (Fsp3) is 0.296. The summed E-state index contributed by atoms with van der Waals surface area (Å²) >= 11 is 6.51. The normalized spacial score (nSPS) is 13.2. The molecule has 0 bridgehead atoms. The Kier molecular flexibility index (Phi) is 7.47. The number of hydrogen-bond acceptors (Lipinski definition) is 4. The van der Waals surface area contributed by atoms with E-state index in [0.717, 1.165) is 17.2 Å². The maximum absolute atomic E-state index is 13.7. The van der Waals surface area contributed by atoms with Crippen molar-refractivity contribution >= 4 is 11.6 Å². The zero-order chi connectivity index (χ0) is 25.9. The van der Waals surface area contributed by atoms with Crippen molar-refractivity contribution < 1.29 is 13.2 Å². The van der Waals surface area contributed by atoms with E-state index in [2.05, 4.69) is 20.4 Å². The molecule has 1 atom stereocenters. The summed E-state index contributed by atoms with van der Waals surface area (Å²) in [5, 5.41) is 13.0. The summed E-state index contributed by atoms with van der Waals surface area (Å²) < 4.78 is 42.8. The van der Waals surface area contributed by atoms with E-state index in [0.29, 0.717) is 29.5 Å². The first-order chi connectivity index (χ1) is 17.0. The molecule has 4 rings (SSSR count). The predicted molar refractivity (Wildman–Crippen MR) is 133 cm³/mol. The standard InChI is InChI=1S/C27H27ClF3N5/c1-26(2,3)36-25(32-33-34-36)24(20-13-9-14-22(16-20)27(29,30)31)35(17-19-10-5-4-6-11-19)18-21-12-7-8-15-23(21)28/h4-16,24H,17-18H2,1-3H3. The molecule has 0 radical (unpaired) electrons. The van der Waals surface area contributed by atoms with Crippen LogP contribution < -0.4 is 0 Å². The van der Waals surface area contributed by atoms with E-state index >= 15 is 0 Å². The quantitative estimate of drug-likeness (QED) is 0.270. The smallest absolute Gasteiger partial charge is 0.281 e. The van der Waals surface area contributed by atoms with Crippen molar-refractivity contribution in [3.05, 3.63) is 112 Å². The van der Waals surface area contributed by atoms with Gasteiger partial charge in [-0.2, -0.15) is 13.2 Å². The van der Waals surface area contributed by atoms with Gasteiger partial charge in [0.15, 0.2) is 5.82 Å². The summed E-state index contributed by atoms with van der Waals surface area (Å²) in [6.07, 6.45) is -4.48. The van der Waals surface area contributed by atoms with Crippen molar-refractivity contribution in [2.45, 2.75) is 51.6 Å². The van der Waals surface area contributed by atoms with Gasteiger partial charge in [0.2, 0.25) is 0 Å². The van der Waals surface area contributed by atoms with Crippen LogP contribution in [0.25, 0.3) is 0 Å². The van der Waals surface area contributed by atoms with Crippen molar-refractivity contribution in [1.29, 1.82) is 0 Å². The first-order valence-electron chi connectivity index (χ1n) is 11.5. The lowest BCUT2D eigenvalue weighted by molar-refractivity contribution is -0.137. The lowest BCUT2D eigenvalue weighted by Crippen LogP contribution is -2.35. The molecule has 0 amide bonds. The van der Waals surface area contributed by atoms with E-state index in [1.165, 1.54) is 12.1 Å². The Hall–Kier alpha value is -3.23. The van der Waals surface area contributed by atoms with Crippen LogP contribution in [0.4, 0.5) is 13.2 Å². The maximum Gasteiger partial charge on any atom is 0.416 e. The van der Waals surface area contributed by atoms with E-state index in [-0.39, 0.29) is 0 Å². The second-order valence-electron chi connectivity index (χ2n) is 9.63. The van der Waals surface area contributed by atoms with Gasteiger partial charge in [0.05, 0.1) is 17.1 Å². The van der Waals surface area contributed by atoms with Gasteiger partial charge in [0, 0.05) is 18.1 Å². The molecule has 1 heterocycles. The molecule has 5 nitrogen and oxygen atoms in total. The average molecular weight is 514 g/mol. The van der Waals surface area contributed by atoms with Gasteiger partial charge in [0.25, 0.3) is 0 Å². The zero-order valence-corrected chi connectivity index (χ0v) is 21.0. The Labute approximate surface area is 213 Å². The molecule has 0 aliphatic carbocycles. The first kappa shape index (κ1) is 25.9. The van der Waals surface area contributed by atoms with Gasteiger partial charge in [-0.3, -0.25) is 4.90 Å². The number of benzene rings is 3. The fourth-order valence-corrected chi connectivity index (χ4v) is 4.35. The average Bonchev–Trinajstić information content (AvgIpc) is 3.31. The highest BCUT2D eigenvalue weighted by Crippen LogP contribution is 2.36. The molecule has 3 aromatic carbocycles. The monoisotopic (exact) mass is 513 g/mol. The van der Waals surface area contributed by atoms with E-state index in [1.807, 2.05) is 69.3 Å². The summed E-state index contributed by atoms with van der Waals surface area (Å²) in [7, 11) is 0. The van der Waals surface area contributed by atoms with Crippen LogP contribution in [0.15, 0.2) is 78.9 Å². The number of rotatable bonds is 7. The summed E-state index contributed by atoms with van der Waals surface area (Å²) in [5.41, 5.74) is 1.06. The van der Waals surface area contributed by atoms with Gasteiger partial charge < -0.3 is 0 Å². The highest BCUT2D eigenvalue weighted by molar-refractivity contribution is 6.31. The molecule has 1 unspecified atom stereocenters. The van der Waals surface area contributed by atoms with E-state index < -0.39 is 23.3 Å². The molecule has 1 aromatic heterocycles. The Morgan fingerprint density at radius 1 is 0.889 bits per heavy atom. The van der Waals surface area contributed by atoms with Crippen LogP contribution in [-0.2, 0) is 24.8 Å². The lowest BCUT2D eigenvalue weighted by atomic mass is 9.98. The number of tetrazole rings is 1. The Bertz CT molecular complexity index is 1300. The number of halogens is 4. The lowest BCUT2D eigenvalue weighted by Gasteiger charge is -2.34. The van der Waals surface area contributed by atoms with Gasteiger partial charge in [0.1, 0.15) is 0 Å². The summed E-state index contributed by atoms with van der Waals surface area (Å²) in [5.74, 6) is 0.449. The highest BCUT2D eigenvalue weighted by Gasteiger charge is 2.35. The van der Waals surface area contributed by atoms with E-state index in [9.17, 15) is 13.2 Å². The molecule has 9 heteroatoms. The SMILES string of the molecule is CC(C)(C)n1nnnc1C(c1cccc(C(F)(F)F)c1)N(Cc1ccccc1)Cc1ccccc1Cl. The topological polar surface area (TPSA) is 46.8 Å². The maximum atomic E-state index is 13.7. The molecular formula is C27H27ClF3N5. The van der Waals surface area contributed by atoms with Crippen LogP contribution in [0.5, 0.6) is 0 Å². The van der Waals surface area contributed by atoms with E-state index in [4.69, 9.17) is 11.6 Å². The third kappa shape index (κ3) is 5.94. The van der Waals surface area contributed by atoms with Gasteiger partial charge in [-0.15, -0.1) is 5.10 Å². The van der Waals surface area contributed by atoms with E-state index in [1.54, 1.807) is 16.8 Å². The summed E-state index contributed by atoms with van der Waals surface area (Å²) in [6.45, 7) is 6.65. The van der Waals surface area contributed by atoms with Crippen LogP contribution in [0, 0.1) is 0 Å². The van der Waals surface area contributed by atoms with Crippen LogP contribution in [-0.4, -0.2) is 25.1 Å². The molecule has 0 spiro atoms. The fourth-order valence-electron chi connectivity index (χ4n) is 4.15. The molecule has 0 aliphatic heterocycles. The Morgan fingerprint density at radius 2 is 1.58 bits per heavy atom. The molecule has 0 saturated carbocycles. The third-order valence-corrected chi connectivity index (χ3v) is 6.20. The third-order valence-electron chi connectivity index (χ3n) is 5.83. The first-order valence-corrected chi connectivity index (χ1v) is 11.9. The molecule has 0 N–H and O–H groups in total. The molecule has 188 valence electrons. The van der Waals surface area contributed by atoms with Crippen molar-refractivity contribution in [3.63, 3.8) is 0 Å². The summed E-state index contributed by atoms with van der Waals surface area (Å²) in [4.78, 5) is 2.06. The molecule has 0 fully saturated rings. The highest BCUT2D eigenvalue weighted by atomic mass is 35.5.